The zero-order valence-corrected chi connectivity index (χ0v) is 12.7. The van der Waals surface area contributed by atoms with Crippen LogP contribution < -0.4 is 0 Å². The van der Waals surface area contributed by atoms with Gasteiger partial charge in [-0.1, -0.05) is 6.07 Å². The van der Waals surface area contributed by atoms with Crippen LogP contribution in [0.5, 0.6) is 11.5 Å². The fourth-order valence-corrected chi connectivity index (χ4v) is 2.99. The number of phenolic OH excluding ortho intramolecular Hbond substituents is 2. The maximum Gasteiger partial charge on any atom is 0.305 e. The van der Waals surface area contributed by atoms with E-state index in [0.717, 1.165) is 5.56 Å². The molecule has 1 aromatic rings. The number of carbonyl (C=O) groups excluding carboxylic acids is 2. The van der Waals surface area contributed by atoms with E-state index in [-0.39, 0.29) is 17.4 Å². The van der Waals surface area contributed by atoms with Gasteiger partial charge in [-0.25, -0.2) is 0 Å². The van der Waals surface area contributed by atoms with Gasteiger partial charge in [0.2, 0.25) is 0 Å². The lowest BCUT2D eigenvalue weighted by atomic mass is 9.80. The molecule has 0 radical (unpaired) electrons. The van der Waals surface area contributed by atoms with Crippen LogP contribution in [0, 0.1) is 0 Å². The molecule has 0 spiro atoms. The van der Waals surface area contributed by atoms with Crippen LogP contribution in [0.4, 0.5) is 0 Å². The number of phenols is 2. The van der Waals surface area contributed by atoms with Crippen molar-refractivity contribution < 1.29 is 29.3 Å². The quantitative estimate of drug-likeness (QED) is 0.658. The van der Waals surface area contributed by atoms with E-state index in [2.05, 4.69) is 0 Å². The Hall–Kier alpha value is -2.24. The number of rotatable bonds is 3. The Labute approximate surface area is 128 Å². The summed E-state index contributed by atoms with van der Waals surface area (Å²) in [4.78, 5) is 22.5. The van der Waals surface area contributed by atoms with E-state index in [1.54, 1.807) is 6.07 Å². The smallest absolute Gasteiger partial charge is 0.305 e. The topological polar surface area (TPSA) is 93.1 Å². The average molecular weight is 308 g/mol. The zero-order chi connectivity index (χ0) is 16.3. The summed E-state index contributed by atoms with van der Waals surface area (Å²) in [6.07, 6.45) is 1.94. The molecular formula is C16H20O6. The number of hydrogen-bond acceptors (Lipinski definition) is 6. The van der Waals surface area contributed by atoms with Crippen LogP contribution >= 0.6 is 0 Å². The van der Waals surface area contributed by atoms with Gasteiger partial charge in [0.15, 0.2) is 0 Å². The lowest BCUT2D eigenvalue weighted by Gasteiger charge is -2.38. The van der Waals surface area contributed by atoms with Crippen molar-refractivity contribution in [2.75, 3.05) is 0 Å². The molecule has 0 atom stereocenters. The van der Waals surface area contributed by atoms with Crippen LogP contribution in [0.1, 0.15) is 51.0 Å². The van der Waals surface area contributed by atoms with Crippen molar-refractivity contribution in [3.05, 3.63) is 23.8 Å². The maximum atomic E-state index is 11.3. The average Bonchev–Trinajstić information content (AvgIpc) is 2.38. The molecule has 1 aromatic carbocycles. The van der Waals surface area contributed by atoms with E-state index in [0.29, 0.717) is 25.7 Å². The Bertz CT molecular complexity index is 554. The summed E-state index contributed by atoms with van der Waals surface area (Å²) in [6, 6.07) is 4.50. The molecule has 6 heteroatoms. The molecule has 0 unspecified atom stereocenters. The van der Waals surface area contributed by atoms with E-state index >= 15 is 0 Å². The van der Waals surface area contributed by atoms with Crippen LogP contribution in [0.2, 0.25) is 0 Å². The number of ether oxygens (including phenoxy) is 2. The van der Waals surface area contributed by atoms with Crippen molar-refractivity contribution in [1.82, 2.24) is 0 Å². The van der Waals surface area contributed by atoms with Crippen molar-refractivity contribution in [3.63, 3.8) is 0 Å². The van der Waals surface area contributed by atoms with Crippen LogP contribution in [-0.4, -0.2) is 27.9 Å². The molecule has 0 amide bonds. The van der Waals surface area contributed by atoms with Crippen LogP contribution in [-0.2, 0) is 19.1 Å². The van der Waals surface area contributed by atoms with Gasteiger partial charge in [-0.2, -0.15) is 0 Å². The Morgan fingerprint density at radius 2 is 1.64 bits per heavy atom. The van der Waals surface area contributed by atoms with Crippen LogP contribution in [0.3, 0.4) is 0 Å². The predicted octanol–water partition coefficient (Wildman–Crippen LogP) is 2.58. The van der Waals surface area contributed by atoms with Gasteiger partial charge in [0.1, 0.15) is 11.5 Å². The van der Waals surface area contributed by atoms with E-state index in [1.165, 1.54) is 26.0 Å². The molecule has 1 aliphatic rings. The molecule has 2 N–H and O–H groups in total. The fraction of sp³-hybridized carbons (Fsp3) is 0.500. The third-order valence-corrected chi connectivity index (χ3v) is 3.86. The Morgan fingerprint density at radius 3 is 2.09 bits per heavy atom. The summed E-state index contributed by atoms with van der Waals surface area (Å²) in [6.45, 7) is 2.56. The Balaban J connectivity index is 2.12. The predicted molar refractivity (Wildman–Crippen MR) is 77.2 cm³/mol. The van der Waals surface area contributed by atoms with E-state index in [9.17, 15) is 19.8 Å². The lowest BCUT2D eigenvalue weighted by Crippen LogP contribution is -2.42. The molecule has 0 aliphatic heterocycles. The number of benzene rings is 1. The molecule has 1 saturated carbocycles. The summed E-state index contributed by atoms with van der Waals surface area (Å²) in [5, 5.41) is 19.3. The Kier molecular flexibility index (Phi) is 4.59. The first-order valence-corrected chi connectivity index (χ1v) is 7.22. The van der Waals surface area contributed by atoms with Gasteiger partial charge in [0.25, 0.3) is 5.79 Å². The second-order valence-corrected chi connectivity index (χ2v) is 5.62. The summed E-state index contributed by atoms with van der Waals surface area (Å²) in [7, 11) is 0. The largest absolute Gasteiger partial charge is 0.508 e. The highest BCUT2D eigenvalue weighted by molar-refractivity contribution is 5.68. The second kappa shape index (κ2) is 6.25. The highest BCUT2D eigenvalue weighted by atomic mass is 16.7. The molecule has 22 heavy (non-hydrogen) atoms. The third-order valence-electron chi connectivity index (χ3n) is 3.86. The summed E-state index contributed by atoms with van der Waals surface area (Å²) in [5.74, 6) is -2.09. The van der Waals surface area contributed by atoms with E-state index < -0.39 is 17.7 Å². The van der Waals surface area contributed by atoms with Crippen LogP contribution in [0.25, 0.3) is 0 Å². The third kappa shape index (κ3) is 3.69. The van der Waals surface area contributed by atoms with Crippen LogP contribution in [0.15, 0.2) is 18.2 Å². The summed E-state index contributed by atoms with van der Waals surface area (Å²) in [5.41, 5.74) is 0.733. The van der Waals surface area contributed by atoms with Gasteiger partial charge < -0.3 is 19.7 Å². The number of esters is 2. The standard InChI is InChI=1S/C16H20O6/c1-10(17)21-16(22-11(2)18)7-5-12(6-8-16)14-4-3-13(19)9-15(14)20/h3-4,9,12,19-20H,5-8H2,1-2H3. The van der Waals surface area contributed by atoms with Crippen molar-refractivity contribution in [3.8, 4) is 11.5 Å². The summed E-state index contributed by atoms with van der Waals surface area (Å²) >= 11 is 0. The fourth-order valence-electron chi connectivity index (χ4n) is 2.99. The molecular weight excluding hydrogens is 288 g/mol. The maximum absolute atomic E-state index is 11.3. The highest BCUT2D eigenvalue weighted by Crippen LogP contribution is 2.43. The molecule has 1 aliphatic carbocycles. The van der Waals surface area contributed by atoms with Crippen molar-refractivity contribution >= 4 is 11.9 Å². The van der Waals surface area contributed by atoms with E-state index in [4.69, 9.17) is 9.47 Å². The molecule has 0 saturated heterocycles. The van der Waals surface area contributed by atoms with Gasteiger partial charge in [-0.3, -0.25) is 9.59 Å². The molecule has 2 rings (SSSR count). The van der Waals surface area contributed by atoms with Gasteiger partial charge in [-0.05, 0) is 30.4 Å². The van der Waals surface area contributed by atoms with Crippen molar-refractivity contribution in [2.24, 2.45) is 0 Å². The SMILES string of the molecule is CC(=O)OC1(OC(C)=O)CCC(c2ccc(O)cc2O)CC1. The monoisotopic (exact) mass is 308 g/mol. The first kappa shape index (κ1) is 16.1. The molecule has 1 fully saturated rings. The molecule has 6 nitrogen and oxygen atoms in total. The van der Waals surface area contributed by atoms with Crippen molar-refractivity contribution in [1.29, 1.82) is 0 Å². The number of carbonyl (C=O) groups is 2. The normalized spacial score (nSPS) is 17.7. The van der Waals surface area contributed by atoms with Gasteiger partial charge in [0.05, 0.1) is 0 Å². The minimum atomic E-state index is -1.21. The second-order valence-electron chi connectivity index (χ2n) is 5.62. The van der Waals surface area contributed by atoms with Gasteiger partial charge in [0, 0.05) is 32.8 Å². The van der Waals surface area contributed by atoms with E-state index in [1.807, 2.05) is 0 Å². The van der Waals surface area contributed by atoms with Gasteiger partial charge >= 0.3 is 11.9 Å². The Morgan fingerprint density at radius 1 is 1.09 bits per heavy atom. The highest BCUT2D eigenvalue weighted by Gasteiger charge is 2.42. The van der Waals surface area contributed by atoms with Crippen molar-refractivity contribution in [2.45, 2.75) is 51.2 Å². The first-order valence-electron chi connectivity index (χ1n) is 7.22. The molecule has 0 aromatic heterocycles. The molecule has 0 bridgehead atoms. The first-order chi connectivity index (χ1) is 10.3. The molecule has 0 heterocycles. The lowest BCUT2D eigenvalue weighted by molar-refractivity contribution is -0.237. The number of hydrogen-bond donors (Lipinski definition) is 2. The zero-order valence-electron chi connectivity index (χ0n) is 12.7. The molecule has 120 valence electrons. The van der Waals surface area contributed by atoms with Gasteiger partial charge in [-0.15, -0.1) is 0 Å². The minimum absolute atomic E-state index is 0.00577. The minimum Gasteiger partial charge on any atom is -0.508 e. The summed E-state index contributed by atoms with van der Waals surface area (Å²) < 4.78 is 10.5. The number of aromatic hydroxyl groups is 2.